The minimum Gasteiger partial charge on any atom is -0.490 e. The normalized spacial score (nSPS) is 21.2. The van der Waals surface area contributed by atoms with Gasteiger partial charge in [-0.05, 0) is 68.6 Å². The number of rotatable bonds is 10. The van der Waals surface area contributed by atoms with Crippen LogP contribution >= 0.6 is 0 Å². The summed E-state index contributed by atoms with van der Waals surface area (Å²) in [4.78, 5) is 0. The van der Waals surface area contributed by atoms with E-state index in [1.165, 1.54) is 6.07 Å². The highest BCUT2D eigenvalue weighted by Crippen LogP contribution is 2.31. The van der Waals surface area contributed by atoms with Gasteiger partial charge < -0.3 is 9.84 Å². The third kappa shape index (κ3) is 5.18. The Morgan fingerprint density at radius 2 is 2.08 bits per heavy atom. The van der Waals surface area contributed by atoms with Crippen molar-refractivity contribution in [3.8, 4) is 5.75 Å². The molecular formula is C19H28FNO4S. The van der Waals surface area contributed by atoms with Gasteiger partial charge in [0.05, 0.1) is 12.4 Å². The molecule has 1 saturated heterocycles. The van der Waals surface area contributed by atoms with Gasteiger partial charge in [-0.3, -0.25) is 0 Å². The molecule has 5 nitrogen and oxygen atoms in total. The van der Waals surface area contributed by atoms with Crippen LogP contribution in [0.25, 0.3) is 0 Å². The molecule has 146 valence electrons. The maximum absolute atomic E-state index is 13.9. The summed E-state index contributed by atoms with van der Waals surface area (Å²) >= 11 is 0. The first-order valence-corrected chi connectivity index (χ1v) is 11.1. The van der Waals surface area contributed by atoms with Crippen LogP contribution in [-0.4, -0.2) is 49.4 Å². The fourth-order valence-electron chi connectivity index (χ4n) is 3.47. The van der Waals surface area contributed by atoms with Crippen LogP contribution in [0.5, 0.6) is 5.75 Å². The van der Waals surface area contributed by atoms with Crippen molar-refractivity contribution in [2.75, 3.05) is 25.5 Å². The molecule has 0 spiro atoms. The highest BCUT2D eigenvalue weighted by atomic mass is 32.2. The molecule has 1 aliphatic heterocycles. The second-order valence-corrected chi connectivity index (χ2v) is 9.40. The van der Waals surface area contributed by atoms with Crippen LogP contribution in [-0.2, 0) is 16.4 Å². The van der Waals surface area contributed by atoms with Gasteiger partial charge in [-0.25, -0.2) is 12.8 Å². The molecule has 3 rings (SSSR count). The van der Waals surface area contributed by atoms with Crippen molar-refractivity contribution < 1.29 is 22.7 Å². The molecule has 0 amide bonds. The van der Waals surface area contributed by atoms with Gasteiger partial charge in [-0.2, -0.15) is 4.31 Å². The second kappa shape index (κ2) is 8.67. The SMILES string of the molecule is O=S(=O)(CCCO)N1CCC[C@H]1CCc1ccc(F)c(OCC2CC2)c1. The van der Waals surface area contributed by atoms with Crippen LogP contribution in [0.2, 0.25) is 0 Å². The van der Waals surface area contributed by atoms with E-state index < -0.39 is 10.0 Å². The lowest BCUT2D eigenvalue weighted by atomic mass is 10.0. The molecule has 7 heteroatoms. The van der Waals surface area contributed by atoms with Crippen molar-refractivity contribution in [2.24, 2.45) is 5.92 Å². The summed E-state index contributed by atoms with van der Waals surface area (Å²) in [6.45, 7) is 1.01. The number of benzene rings is 1. The van der Waals surface area contributed by atoms with Crippen LogP contribution in [0.4, 0.5) is 4.39 Å². The lowest BCUT2D eigenvalue weighted by molar-refractivity contribution is 0.285. The van der Waals surface area contributed by atoms with Crippen LogP contribution in [0.3, 0.4) is 0 Å². The fourth-order valence-corrected chi connectivity index (χ4v) is 5.27. The molecule has 0 bridgehead atoms. The molecule has 1 saturated carbocycles. The summed E-state index contributed by atoms with van der Waals surface area (Å²) in [6, 6.07) is 4.91. The van der Waals surface area contributed by atoms with Gasteiger partial charge in [0.2, 0.25) is 10.0 Å². The third-order valence-electron chi connectivity index (χ3n) is 5.17. The van der Waals surface area contributed by atoms with E-state index in [2.05, 4.69) is 0 Å². The van der Waals surface area contributed by atoms with Gasteiger partial charge in [-0.1, -0.05) is 6.07 Å². The number of nitrogens with zero attached hydrogens (tertiary/aromatic N) is 1. The van der Waals surface area contributed by atoms with Crippen molar-refractivity contribution in [1.29, 1.82) is 0 Å². The Kier molecular flexibility index (Phi) is 6.53. The van der Waals surface area contributed by atoms with Gasteiger partial charge >= 0.3 is 0 Å². The van der Waals surface area contributed by atoms with E-state index in [9.17, 15) is 12.8 Å². The minimum atomic E-state index is -3.31. The highest BCUT2D eigenvalue weighted by Gasteiger charge is 2.33. The van der Waals surface area contributed by atoms with Crippen LogP contribution in [0.1, 0.15) is 44.1 Å². The number of aliphatic hydroxyl groups excluding tert-OH is 1. The molecule has 1 N–H and O–H groups in total. The average Bonchev–Trinajstić information content (AvgIpc) is 3.32. The zero-order chi connectivity index (χ0) is 18.6. The maximum atomic E-state index is 13.9. The largest absolute Gasteiger partial charge is 0.490 e. The van der Waals surface area contributed by atoms with Crippen molar-refractivity contribution in [2.45, 2.75) is 51.0 Å². The summed E-state index contributed by atoms with van der Waals surface area (Å²) in [7, 11) is -3.31. The summed E-state index contributed by atoms with van der Waals surface area (Å²) in [5, 5.41) is 8.90. The minimum absolute atomic E-state index is 0.00426. The lowest BCUT2D eigenvalue weighted by Gasteiger charge is -2.24. The average molecular weight is 386 g/mol. The third-order valence-corrected chi connectivity index (χ3v) is 7.17. The number of ether oxygens (including phenoxy) is 1. The van der Waals surface area contributed by atoms with Crippen LogP contribution in [0.15, 0.2) is 18.2 Å². The maximum Gasteiger partial charge on any atom is 0.214 e. The first kappa shape index (κ1) is 19.6. The molecule has 2 aliphatic rings. The predicted molar refractivity (Wildman–Crippen MR) is 98.2 cm³/mol. The molecule has 0 unspecified atom stereocenters. The first-order valence-electron chi connectivity index (χ1n) is 9.51. The summed E-state index contributed by atoms with van der Waals surface area (Å²) < 4.78 is 45.9. The number of aryl methyl sites for hydroxylation is 1. The van der Waals surface area contributed by atoms with E-state index in [0.717, 1.165) is 31.2 Å². The molecule has 0 aromatic heterocycles. The monoisotopic (exact) mass is 385 g/mol. The molecule has 1 heterocycles. The molecule has 2 fully saturated rings. The standard InChI is InChI=1S/C19H28FNO4S/c20-18-9-7-15(13-19(18)25-14-16-4-5-16)6-8-17-3-1-10-21(17)26(23,24)12-2-11-22/h7,9,13,16-17,22H,1-6,8,10-12,14H2/t17-/m0/s1. The number of hydrogen-bond acceptors (Lipinski definition) is 4. The Hall–Kier alpha value is -1.18. The molecule has 1 atom stereocenters. The first-order chi connectivity index (χ1) is 12.5. The van der Waals surface area contributed by atoms with E-state index in [0.29, 0.717) is 37.7 Å². The van der Waals surface area contributed by atoms with Crippen LogP contribution < -0.4 is 4.74 Å². The van der Waals surface area contributed by atoms with E-state index in [1.807, 2.05) is 0 Å². The Bertz CT molecular complexity index is 705. The number of hydrogen-bond donors (Lipinski definition) is 1. The molecule has 0 radical (unpaired) electrons. The van der Waals surface area contributed by atoms with Crippen molar-refractivity contribution >= 4 is 10.0 Å². The second-order valence-electron chi connectivity index (χ2n) is 7.36. The van der Waals surface area contributed by atoms with Gasteiger partial charge in [0.1, 0.15) is 0 Å². The van der Waals surface area contributed by atoms with E-state index >= 15 is 0 Å². The molecule has 26 heavy (non-hydrogen) atoms. The number of halogens is 1. The lowest BCUT2D eigenvalue weighted by Crippen LogP contribution is -2.37. The van der Waals surface area contributed by atoms with Crippen molar-refractivity contribution in [3.05, 3.63) is 29.6 Å². The number of sulfonamides is 1. The quantitative estimate of drug-likeness (QED) is 0.673. The van der Waals surface area contributed by atoms with E-state index in [4.69, 9.17) is 9.84 Å². The van der Waals surface area contributed by atoms with Gasteiger partial charge in [0.25, 0.3) is 0 Å². The van der Waals surface area contributed by atoms with Gasteiger partial charge in [0.15, 0.2) is 11.6 Å². The number of aliphatic hydroxyl groups is 1. The Labute approximate surface area is 155 Å². The fraction of sp³-hybridized carbons (Fsp3) is 0.684. The summed E-state index contributed by atoms with van der Waals surface area (Å²) in [5.74, 6) is 0.515. The predicted octanol–water partition coefficient (Wildman–Crippen LogP) is 2.72. The summed E-state index contributed by atoms with van der Waals surface area (Å²) in [6.07, 6.45) is 5.70. The molecular weight excluding hydrogens is 357 g/mol. The van der Waals surface area contributed by atoms with Crippen LogP contribution in [0, 0.1) is 11.7 Å². The molecule has 1 aromatic rings. The van der Waals surface area contributed by atoms with Gasteiger partial charge in [0, 0.05) is 19.2 Å². The van der Waals surface area contributed by atoms with Crippen molar-refractivity contribution in [3.63, 3.8) is 0 Å². The van der Waals surface area contributed by atoms with Gasteiger partial charge in [-0.15, -0.1) is 0 Å². The highest BCUT2D eigenvalue weighted by molar-refractivity contribution is 7.89. The summed E-state index contributed by atoms with van der Waals surface area (Å²) in [5.41, 5.74) is 0.969. The Morgan fingerprint density at radius 3 is 2.81 bits per heavy atom. The van der Waals surface area contributed by atoms with E-state index in [1.54, 1.807) is 16.4 Å². The smallest absolute Gasteiger partial charge is 0.214 e. The van der Waals surface area contributed by atoms with E-state index in [-0.39, 0.29) is 30.6 Å². The Morgan fingerprint density at radius 1 is 1.27 bits per heavy atom. The zero-order valence-corrected chi connectivity index (χ0v) is 15.9. The zero-order valence-electron chi connectivity index (χ0n) is 15.1. The molecule has 1 aromatic carbocycles. The molecule has 1 aliphatic carbocycles. The van der Waals surface area contributed by atoms with Crippen molar-refractivity contribution in [1.82, 2.24) is 4.31 Å². The topological polar surface area (TPSA) is 66.8 Å². The Balaban J connectivity index is 1.58.